The van der Waals surface area contributed by atoms with Crippen LogP contribution in [0.1, 0.15) is 37.3 Å². The molecule has 2 aliphatic rings. The molecule has 6 heteroatoms. The molecule has 5 rings (SSSR count). The molecule has 0 spiro atoms. The molecule has 2 fully saturated rings. The number of benzene rings is 3. The third-order valence-electron chi connectivity index (χ3n) is 7.11. The second kappa shape index (κ2) is 9.11. The topological polar surface area (TPSA) is 55.9 Å². The first-order valence-electron chi connectivity index (χ1n) is 12.1. The largest absolute Gasteiger partial charge is 0.371 e. The van der Waals surface area contributed by atoms with E-state index >= 15 is 0 Å². The molecule has 1 N–H and O–H groups in total. The third-order valence-corrected chi connectivity index (χ3v) is 7.11. The van der Waals surface area contributed by atoms with Gasteiger partial charge < -0.3 is 10.2 Å². The minimum atomic E-state index is -1.08. The number of hydrogen-bond acceptors (Lipinski definition) is 4. The van der Waals surface area contributed by atoms with Gasteiger partial charge in [0.2, 0.25) is 0 Å². The number of nitrogens with zero attached hydrogens (tertiary/aromatic N) is 3. The first-order valence-corrected chi connectivity index (χ1v) is 12.1. The fourth-order valence-corrected chi connectivity index (χ4v) is 5.19. The highest BCUT2D eigenvalue weighted by Crippen LogP contribution is 2.31. The van der Waals surface area contributed by atoms with E-state index in [1.807, 2.05) is 54.4 Å². The number of imide groups is 1. The molecule has 6 nitrogen and oxygen atoms in total. The zero-order chi connectivity index (χ0) is 23.7. The van der Waals surface area contributed by atoms with E-state index in [0.29, 0.717) is 6.54 Å². The van der Waals surface area contributed by atoms with E-state index in [0.717, 1.165) is 29.4 Å². The van der Waals surface area contributed by atoms with E-state index in [2.05, 4.69) is 34.5 Å². The monoisotopic (exact) mass is 456 g/mol. The molecular formula is C28H32N4O2. The van der Waals surface area contributed by atoms with Gasteiger partial charge in [0.1, 0.15) is 5.54 Å². The summed E-state index contributed by atoms with van der Waals surface area (Å²) in [5.74, 6) is -0.219. The Bertz CT molecular complexity index is 1220. The molecule has 3 aromatic carbocycles. The maximum atomic E-state index is 13.5. The Labute approximate surface area is 201 Å². The summed E-state index contributed by atoms with van der Waals surface area (Å²) in [5.41, 5.74) is 2.20. The Hall–Kier alpha value is -3.38. The first kappa shape index (κ1) is 22.4. The van der Waals surface area contributed by atoms with Gasteiger partial charge in [-0.25, -0.2) is 9.69 Å². The number of hydrogen-bond donors (Lipinski definition) is 1. The number of nitrogens with one attached hydrogen (secondary N) is 1. The fraction of sp³-hybridized carbons (Fsp3) is 0.357. The van der Waals surface area contributed by atoms with E-state index in [1.165, 1.54) is 35.4 Å². The number of carbonyl (C=O) groups excluding carboxylic acids is 2. The first-order chi connectivity index (χ1) is 16.5. The molecule has 0 radical (unpaired) electrons. The van der Waals surface area contributed by atoms with Crippen molar-refractivity contribution in [2.45, 2.75) is 38.3 Å². The maximum absolute atomic E-state index is 13.5. The quantitative estimate of drug-likeness (QED) is 0.547. The van der Waals surface area contributed by atoms with E-state index in [1.54, 1.807) is 6.92 Å². The summed E-state index contributed by atoms with van der Waals surface area (Å²) in [4.78, 5) is 32.2. The molecule has 3 amide bonds. The fourth-order valence-electron chi connectivity index (χ4n) is 5.19. The van der Waals surface area contributed by atoms with Crippen LogP contribution in [0, 0.1) is 0 Å². The molecule has 0 saturated carbocycles. The molecule has 176 valence electrons. The van der Waals surface area contributed by atoms with Gasteiger partial charge in [0, 0.05) is 25.3 Å². The number of amides is 3. The molecule has 0 aromatic heterocycles. The van der Waals surface area contributed by atoms with E-state index < -0.39 is 5.54 Å². The standard InChI is InChI=1S/C28H32N4O2/c1-28(24-15-14-21-10-4-5-11-22(21)18-24)26(33)32(27(34)29-28)20-30(2)19-23-12-6-7-13-25(23)31-16-8-3-9-17-31/h4-7,10-15,18H,3,8-9,16-17,19-20H2,1-2H3,(H,29,34)/t28-/m0/s1. The smallest absolute Gasteiger partial charge is 0.326 e. The van der Waals surface area contributed by atoms with Gasteiger partial charge in [0.15, 0.2) is 0 Å². The zero-order valence-corrected chi connectivity index (χ0v) is 20.0. The predicted octanol–water partition coefficient (Wildman–Crippen LogP) is 4.69. The molecule has 0 unspecified atom stereocenters. The van der Waals surface area contributed by atoms with Gasteiger partial charge in [-0.1, -0.05) is 54.6 Å². The lowest BCUT2D eigenvalue weighted by Gasteiger charge is -2.32. The Kier molecular flexibility index (Phi) is 6.00. The normalized spacial score (nSPS) is 20.9. The number of urea groups is 1. The lowest BCUT2D eigenvalue weighted by molar-refractivity contribution is -0.132. The lowest BCUT2D eigenvalue weighted by Crippen LogP contribution is -2.43. The molecule has 1 atom stereocenters. The number of fused-ring (bicyclic) bond motifs is 1. The molecule has 0 aliphatic carbocycles. The lowest BCUT2D eigenvalue weighted by atomic mass is 9.90. The van der Waals surface area contributed by atoms with Crippen LogP contribution in [-0.4, -0.2) is 48.5 Å². The summed E-state index contributed by atoms with van der Waals surface area (Å²) in [6.07, 6.45) is 3.74. The maximum Gasteiger partial charge on any atom is 0.326 e. The molecule has 34 heavy (non-hydrogen) atoms. The van der Waals surface area contributed by atoms with Gasteiger partial charge in [-0.2, -0.15) is 0 Å². The van der Waals surface area contributed by atoms with Crippen LogP contribution in [-0.2, 0) is 16.9 Å². The summed E-state index contributed by atoms with van der Waals surface area (Å²) in [5, 5.41) is 5.10. The van der Waals surface area contributed by atoms with Crippen molar-refractivity contribution >= 4 is 28.4 Å². The third kappa shape index (κ3) is 4.14. The van der Waals surface area contributed by atoms with E-state index in [9.17, 15) is 9.59 Å². The number of anilines is 1. The molecule has 2 aliphatic heterocycles. The van der Waals surface area contributed by atoms with E-state index in [-0.39, 0.29) is 18.6 Å². The van der Waals surface area contributed by atoms with Crippen LogP contribution in [0.25, 0.3) is 10.8 Å². The summed E-state index contributed by atoms with van der Waals surface area (Å²) in [6.45, 7) is 4.86. The highest BCUT2D eigenvalue weighted by atomic mass is 16.2. The Morgan fingerprint density at radius 2 is 1.62 bits per heavy atom. The Morgan fingerprint density at radius 1 is 0.912 bits per heavy atom. The van der Waals surface area contributed by atoms with Crippen molar-refractivity contribution < 1.29 is 9.59 Å². The van der Waals surface area contributed by atoms with Crippen LogP contribution < -0.4 is 10.2 Å². The SMILES string of the molecule is CN(Cc1ccccc1N1CCCCC1)CN1C(=O)N[C@@](C)(c2ccc3ccccc3c2)C1=O. The van der Waals surface area contributed by atoms with Crippen molar-refractivity contribution in [3.05, 3.63) is 77.9 Å². The van der Waals surface area contributed by atoms with Gasteiger partial charge in [-0.05, 0) is 67.3 Å². The molecule has 2 saturated heterocycles. The number of rotatable bonds is 6. The van der Waals surface area contributed by atoms with Crippen molar-refractivity contribution in [1.82, 2.24) is 15.1 Å². The predicted molar refractivity (Wildman–Crippen MR) is 136 cm³/mol. The van der Waals surface area contributed by atoms with Crippen LogP contribution in [0.4, 0.5) is 10.5 Å². The van der Waals surface area contributed by atoms with E-state index in [4.69, 9.17) is 0 Å². The van der Waals surface area contributed by atoms with Crippen molar-refractivity contribution in [3.8, 4) is 0 Å². The highest BCUT2D eigenvalue weighted by Gasteiger charge is 2.49. The van der Waals surface area contributed by atoms with Crippen LogP contribution in [0.15, 0.2) is 66.7 Å². The summed E-state index contributed by atoms with van der Waals surface area (Å²) in [6, 6.07) is 22.1. The van der Waals surface area contributed by atoms with Gasteiger partial charge in [0.25, 0.3) is 5.91 Å². The number of carbonyl (C=O) groups is 2. The van der Waals surface area contributed by atoms with Gasteiger partial charge in [-0.3, -0.25) is 9.69 Å². The van der Waals surface area contributed by atoms with Gasteiger partial charge in [-0.15, -0.1) is 0 Å². The average Bonchev–Trinajstić information content (AvgIpc) is 3.08. The average molecular weight is 457 g/mol. The minimum Gasteiger partial charge on any atom is -0.371 e. The second-order valence-corrected chi connectivity index (χ2v) is 9.68. The molecule has 0 bridgehead atoms. The van der Waals surface area contributed by atoms with Gasteiger partial charge >= 0.3 is 6.03 Å². The van der Waals surface area contributed by atoms with Crippen LogP contribution in [0.3, 0.4) is 0 Å². The minimum absolute atomic E-state index is 0.219. The number of piperidine rings is 1. The van der Waals surface area contributed by atoms with Crippen molar-refractivity contribution in [2.24, 2.45) is 0 Å². The Balaban J connectivity index is 1.32. The summed E-state index contributed by atoms with van der Waals surface area (Å²) in [7, 11) is 1.96. The second-order valence-electron chi connectivity index (χ2n) is 9.68. The van der Waals surface area contributed by atoms with Crippen molar-refractivity contribution in [3.63, 3.8) is 0 Å². The Morgan fingerprint density at radius 3 is 2.41 bits per heavy atom. The molecule has 3 aromatic rings. The summed E-state index contributed by atoms with van der Waals surface area (Å²) < 4.78 is 0. The zero-order valence-electron chi connectivity index (χ0n) is 20.0. The van der Waals surface area contributed by atoms with Crippen LogP contribution in [0.2, 0.25) is 0 Å². The van der Waals surface area contributed by atoms with Crippen LogP contribution in [0.5, 0.6) is 0 Å². The van der Waals surface area contributed by atoms with Crippen molar-refractivity contribution in [1.29, 1.82) is 0 Å². The molecule has 2 heterocycles. The van der Waals surface area contributed by atoms with Crippen LogP contribution >= 0.6 is 0 Å². The number of para-hydroxylation sites is 1. The van der Waals surface area contributed by atoms with Crippen molar-refractivity contribution in [2.75, 3.05) is 31.7 Å². The molecular weight excluding hydrogens is 424 g/mol. The highest BCUT2D eigenvalue weighted by molar-refractivity contribution is 6.07. The van der Waals surface area contributed by atoms with Gasteiger partial charge in [0.05, 0.1) is 6.67 Å². The summed E-state index contributed by atoms with van der Waals surface area (Å²) >= 11 is 0.